The number of fused-ring (bicyclic) bond motifs is 1. The van der Waals surface area contributed by atoms with Crippen LogP contribution in [0, 0.1) is 5.41 Å². The van der Waals surface area contributed by atoms with Crippen LogP contribution in [0.3, 0.4) is 0 Å². The predicted molar refractivity (Wildman–Crippen MR) is 109 cm³/mol. The topological polar surface area (TPSA) is 86.2 Å². The lowest BCUT2D eigenvalue weighted by atomic mass is 9.84. The summed E-state index contributed by atoms with van der Waals surface area (Å²) in [6, 6.07) is 8.24. The molecule has 28 heavy (non-hydrogen) atoms. The van der Waals surface area contributed by atoms with Gasteiger partial charge in [0.25, 0.3) is 0 Å². The largest absolute Gasteiger partial charge is 0.396 e. The van der Waals surface area contributed by atoms with Gasteiger partial charge in [0.1, 0.15) is 0 Å². The van der Waals surface area contributed by atoms with Gasteiger partial charge < -0.3 is 25.4 Å². The van der Waals surface area contributed by atoms with Crippen LogP contribution in [0.15, 0.2) is 29.3 Å². The first-order chi connectivity index (χ1) is 13.7. The number of benzene rings is 1. The molecule has 3 rings (SSSR count). The average molecular weight is 389 g/mol. The maximum Gasteiger partial charge on any atom is 0.223 e. The molecule has 1 amide bonds. The van der Waals surface area contributed by atoms with Crippen molar-refractivity contribution in [2.24, 2.45) is 10.4 Å². The van der Waals surface area contributed by atoms with Crippen LogP contribution in [0.5, 0.6) is 0 Å². The number of ether oxygens (including phenoxy) is 1. The van der Waals surface area contributed by atoms with Crippen molar-refractivity contribution in [2.75, 3.05) is 40.0 Å². The lowest BCUT2D eigenvalue weighted by Crippen LogP contribution is -2.44. The van der Waals surface area contributed by atoms with Crippen LogP contribution in [0.25, 0.3) is 0 Å². The van der Waals surface area contributed by atoms with E-state index in [0.29, 0.717) is 19.6 Å². The van der Waals surface area contributed by atoms with E-state index in [9.17, 15) is 9.90 Å². The number of amides is 1. The van der Waals surface area contributed by atoms with E-state index in [1.54, 1.807) is 7.05 Å². The molecule has 2 aliphatic rings. The Morgan fingerprint density at radius 1 is 1.29 bits per heavy atom. The molecule has 2 aliphatic heterocycles. The Morgan fingerprint density at radius 3 is 2.64 bits per heavy atom. The summed E-state index contributed by atoms with van der Waals surface area (Å²) in [5.41, 5.74) is 2.49. The van der Waals surface area contributed by atoms with E-state index in [4.69, 9.17) is 4.74 Å². The molecule has 3 N–H and O–H groups in total. The van der Waals surface area contributed by atoms with E-state index in [1.807, 2.05) is 17.0 Å². The number of aliphatic imine (C=N–C) groups is 1. The summed E-state index contributed by atoms with van der Waals surface area (Å²) in [5, 5.41) is 15.9. The minimum Gasteiger partial charge on any atom is -0.396 e. The number of aliphatic hydroxyl groups excluding tert-OH is 1. The lowest BCUT2D eigenvalue weighted by molar-refractivity contribution is -0.131. The summed E-state index contributed by atoms with van der Waals surface area (Å²) in [6.07, 6.45) is 2.96. The molecule has 1 atom stereocenters. The van der Waals surface area contributed by atoms with Crippen molar-refractivity contribution in [3.8, 4) is 0 Å². The smallest absolute Gasteiger partial charge is 0.223 e. The van der Waals surface area contributed by atoms with Gasteiger partial charge >= 0.3 is 0 Å². The van der Waals surface area contributed by atoms with Gasteiger partial charge in [-0.1, -0.05) is 24.3 Å². The number of guanidine groups is 1. The third-order valence-corrected chi connectivity index (χ3v) is 5.73. The Balaban J connectivity index is 1.35. The number of hydrogen-bond donors (Lipinski definition) is 3. The Morgan fingerprint density at radius 2 is 2.04 bits per heavy atom. The molecule has 0 saturated carbocycles. The standard InChI is InChI=1S/C21H32N4O3/c1-22-20(24-15-21(8-11-26)9-12-28-16-21)23-10-4-7-19(27)25-13-17-5-2-3-6-18(17)14-25/h2-3,5-6,26H,4,7-16H2,1H3,(H2,22,23,24). The summed E-state index contributed by atoms with van der Waals surface area (Å²) < 4.78 is 5.52. The molecule has 0 radical (unpaired) electrons. The van der Waals surface area contributed by atoms with Crippen LogP contribution in [-0.4, -0.2) is 61.8 Å². The van der Waals surface area contributed by atoms with Gasteiger partial charge in [0, 0.05) is 58.3 Å². The van der Waals surface area contributed by atoms with Crippen molar-refractivity contribution in [1.29, 1.82) is 0 Å². The number of rotatable bonds is 8. The van der Waals surface area contributed by atoms with Gasteiger partial charge in [-0.15, -0.1) is 0 Å². The molecule has 0 bridgehead atoms. The molecule has 1 saturated heterocycles. The van der Waals surface area contributed by atoms with Gasteiger partial charge in [-0.2, -0.15) is 0 Å². The monoisotopic (exact) mass is 388 g/mol. The maximum absolute atomic E-state index is 12.5. The second kappa shape index (κ2) is 9.89. The van der Waals surface area contributed by atoms with Crippen LogP contribution >= 0.6 is 0 Å². The molecule has 0 aromatic heterocycles. The highest BCUT2D eigenvalue weighted by atomic mass is 16.5. The molecule has 154 valence electrons. The van der Waals surface area contributed by atoms with Gasteiger partial charge in [0.2, 0.25) is 5.91 Å². The molecular weight excluding hydrogens is 356 g/mol. The Labute approximate surface area is 167 Å². The number of nitrogens with one attached hydrogen (secondary N) is 2. The summed E-state index contributed by atoms with van der Waals surface area (Å²) in [5.74, 6) is 0.927. The van der Waals surface area contributed by atoms with E-state index in [-0.39, 0.29) is 17.9 Å². The van der Waals surface area contributed by atoms with E-state index >= 15 is 0 Å². The SMILES string of the molecule is CN=C(NCCCC(=O)N1Cc2ccccc2C1)NCC1(CCO)CCOC1. The highest BCUT2D eigenvalue weighted by Crippen LogP contribution is 2.31. The molecule has 7 nitrogen and oxygen atoms in total. The zero-order valence-corrected chi connectivity index (χ0v) is 16.7. The van der Waals surface area contributed by atoms with E-state index < -0.39 is 0 Å². The van der Waals surface area contributed by atoms with Crippen molar-refractivity contribution in [3.05, 3.63) is 35.4 Å². The van der Waals surface area contributed by atoms with Crippen molar-refractivity contribution in [3.63, 3.8) is 0 Å². The van der Waals surface area contributed by atoms with Gasteiger partial charge in [-0.25, -0.2) is 0 Å². The van der Waals surface area contributed by atoms with Crippen LogP contribution in [0.1, 0.15) is 36.8 Å². The lowest BCUT2D eigenvalue weighted by Gasteiger charge is -2.27. The first kappa shape index (κ1) is 20.6. The Hall–Kier alpha value is -2.12. The minimum absolute atomic E-state index is 0.0207. The highest BCUT2D eigenvalue weighted by Gasteiger charge is 2.34. The first-order valence-corrected chi connectivity index (χ1v) is 10.1. The summed E-state index contributed by atoms with van der Waals surface area (Å²) >= 11 is 0. The fraction of sp³-hybridized carbons (Fsp3) is 0.619. The van der Waals surface area contributed by atoms with Gasteiger partial charge in [0.15, 0.2) is 5.96 Å². The van der Waals surface area contributed by atoms with Crippen molar-refractivity contribution >= 4 is 11.9 Å². The Kier molecular flexibility index (Phi) is 7.28. The van der Waals surface area contributed by atoms with Gasteiger partial charge in [-0.3, -0.25) is 9.79 Å². The summed E-state index contributed by atoms with van der Waals surface area (Å²) in [4.78, 5) is 18.6. The van der Waals surface area contributed by atoms with Crippen LogP contribution in [0.2, 0.25) is 0 Å². The molecular formula is C21H32N4O3. The van der Waals surface area contributed by atoms with Gasteiger partial charge in [0.05, 0.1) is 6.61 Å². The molecule has 7 heteroatoms. The maximum atomic E-state index is 12.5. The molecule has 1 aromatic rings. The second-order valence-corrected chi connectivity index (χ2v) is 7.75. The minimum atomic E-state index is -0.0207. The number of nitrogens with zero attached hydrogens (tertiary/aromatic N) is 2. The van der Waals surface area contributed by atoms with Gasteiger partial charge in [-0.05, 0) is 30.4 Å². The predicted octanol–water partition coefficient (Wildman–Crippen LogP) is 1.26. The molecule has 2 heterocycles. The number of aliphatic hydroxyl groups is 1. The first-order valence-electron chi connectivity index (χ1n) is 10.1. The fourth-order valence-electron chi connectivity index (χ4n) is 3.92. The molecule has 1 unspecified atom stereocenters. The zero-order valence-electron chi connectivity index (χ0n) is 16.7. The van der Waals surface area contributed by atoms with Crippen molar-refractivity contribution in [1.82, 2.24) is 15.5 Å². The Bertz CT molecular complexity index is 661. The number of carbonyl (C=O) groups is 1. The van der Waals surface area contributed by atoms with Crippen LogP contribution in [-0.2, 0) is 22.6 Å². The third kappa shape index (κ3) is 5.23. The average Bonchev–Trinajstić information content (AvgIpc) is 3.35. The number of carbonyl (C=O) groups excluding carboxylic acids is 1. The van der Waals surface area contributed by atoms with Crippen LogP contribution in [0.4, 0.5) is 0 Å². The van der Waals surface area contributed by atoms with E-state index in [0.717, 1.165) is 51.5 Å². The number of hydrogen-bond acceptors (Lipinski definition) is 4. The normalized spacial score (nSPS) is 21.6. The van der Waals surface area contributed by atoms with Crippen molar-refractivity contribution < 1.29 is 14.6 Å². The van der Waals surface area contributed by atoms with E-state index in [2.05, 4.69) is 27.8 Å². The fourth-order valence-corrected chi connectivity index (χ4v) is 3.92. The highest BCUT2D eigenvalue weighted by molar-refractivity contribution is 5.80. The zero-order chi connectivity index (χ0) is 19.8. The summed E-state index contributed by atoms with van der Waals surface area (Å²) in [7, 11) is 1.74. The second-order valence-electron chi connectivity index (χ2n) is 7.75. The molecule has 0 aliphatic carbocycles. The van der Waals surface area contributed by atoms with Crippen molar-refractivity contribution in [2.45, 2.75) is 38.8 Å². The van der Waals surface area contributed by atoms with Crippen LogP contribution < -0.4 is 10.6 Å². The quantitative estimate of drug-likeness (QED) is 0.355. The molecule has 1 fully saturated rings. The molecule has 1 aromatic carbocycles. The third-order valence-electron chi connectivity index (χ3n) is 5.73. The van der Waals surface area contributed by atoms with E-state index in [1.165, 1.54) is 11.1 Å². The summed E-state index contributed by atoms with van der Waals surface area (Å²) in [6.45, 7) is 4.44. The molecule has 0 spiro atoms.